The number of carbonyl (C=O) groups excluding carboxylic acids is 2. The number of carbonyl (C=O) groups is 2. The molecule has 0 heterocycles. The van der Waals surface area contributed by atoms with Crippen LogP contribution in [0.4, 0.5) is 0 Å². The van der Waals surface area contributed by atoms with E-state index in [1.54, 1.807) is 6.07 Å². The maximum atomic E-state index is 11.9. The normalized spacial score (nSPS) is 14.6. The van der Waals surface area contributed by atoms with Gasteiger partial charge in [0.1, 0.15) is 0 Å². The summed E-state index contributed by atoms with van der Waals surface area (Å²) in [6, 6.07) is 5.80. The van der Waals surface area contributed by atoms with Gasteiger partial charge in [-0.2, -0.15) is 0 Å². The van der Waals surface area contributed by atoms with Crippen LogP contribution >= 0.6 is 0 Å². The predicted molar refractivity (Wildman–Crippen MR) is 61.4 cm³/mol. The Morgan fingerprint density at radius 2 is 1.94 bits per heavy atom. The first kappa shape index (κ1) is 10.9. The Labute approximate surface area is 94.9 Å². The molecule has 0 spiro atoms. The minimum absolute atomic E-state index is 0.224. The highest BCUT2D eigenvalue weighted by Crippen LogP contribution is 2.19. The molecule has 1 amide bonds. The second-order valence-electron chi connectivity index (χ2n) is 4.40. The van der Waals surface area contributed by atoms with Crippen molar-refractivity contribution in [2.45, 2.75) is 32.7 Å². The Morgan fingerprint density at radius 1 is 1.25 bits per heavy atom. The van der Waals surface area contributed by atoms with E-state index in [1.807, 2.05) is 26.0 Å². The number of nitrogens with one attached hydrogen (secondary N) is 1. The van der Waals surface area contributed by atoms with Crippen molar-refractivity contribution < 1.29 is 9.59 Å². The first-order valence-corrected chi connectivity index (χ1v) is 5.50. The van der Waals surface area contributed by atoms with E-state index < -0.39 is 11.7 Å². The van der Waals surface area contributed by atoms with E-state index in [0.717, 1.165) is 24.0 Å². The van der Waals surface area contributed by atoms with Crippen molar-refractivity contribution in [1.82, 2.24) is 5.32 Å². The smallest absolute Gasteiger partial charge is 0.292 e. The molecule has 0 bridgehead atoms. The summed E-state index contributed by atoms with van der Waals surface area (Å²) in [5.74, 6) is -0.899. The van der Waals surface area contributed by atoms with Crippen LogP contribution in [0, 0.1) is 13.8 Å². The van der Waals surface area contributed by atoms with Crippen molar-refractivity contribution in [1.29, 1.82) is 0 Å². The number of Topliss-reactive ketones (excluding diaryl/α,β-unsaturated/α-hetero) is 1. The van der Waals surface area contributed by atoms with Crippen LogP contribution in [0.3, 0.4) is 0 Å². The van der Waals surface area contributed by atoms with Crippen molar-refractivity contribution >= 4 is 11.7 Å². The molecule has 1 N–H and O–H groups in total. The van der Waals surface area contributed by atoms with Crippen LogP contribution in [0.25, 0.3) is 0 Å². The fourth-order valence-corrected chi connectivity index (χ4v) is 1.58. The number of hydrogen-bond acceptors (Lipinski definition) is 2. The standard InChI is InChI=1S/C13H15NO2/c1-8-3-4-9(2)11(7-8)12(15)13(16)14-10-5-6-10/h3-4,7,10H,5-6H2,1-2H3,(H,14,16). The summed E-state index contributed by atoms with van der Waals surface area (Å²) >= 11 is 0. The van der Waals surface area contributed by atoms with Gasteiger partial charge in [-0.05, 0) is 38.3 Å². The summed E-state index contributed by atoms with van der Waals surface area (Å²) in [6.07, 6.45) is 1.98. The van der Waals surface area contributed by atoms with Gasteiger partial charge in [0.15, 0.2) is 0 Å². The van der Waals surface area contributed by atoms with Gasteiger partial charge in [-0.25, -0.2) is 0 Å². The lowest BCUT2D eigenvalue weighted by Gasteiger charge is -2.06. The fourth-order valence-electron chi connectivity index (χ4n) is 1.58. The van der Waals surface area contributed by atoms with Gasteiger partial charge in [-0.15, -0.1) is 0 Å². The van der Waals surface area contributed by atoms with Crippen molar-refractivity contribution in [3.63, 3.8) is 0 Å². The molecule has 1 fully saturated rings. The van der Waals surface area contributed by atoms with Crippen LogP contribution in [0.2, 0.25) is 0 Å². The number of ketones is 1. The van der Waals surface area contributed by atoms with E-state index in [9.17, 15) is 9.59 Å². The molecule has 3 nitrogen and oxygen atoms in total. The van der Waals surface area contributed by atoms with Crippen LogP contribution in [0.1, 0.15) is 34.3 Å². The minimum Gasteiger partial charge on any atom is -0.346 e. The van der Waals surface area contributed by atoms with E-state index in [1.165, 1.54) is 0 Å². The van der Waals surface area contributed by atoms with Crippen LogP contribution in [0.15, 0.2) is 18.2 Å². The third kappa shape index (κ3) is 2.30. The SMILES string of the molecule is Cc1ccc(C)c(C(=O)C(=O)NC2CC2)c1. The van der Waals surface area contributed by atoms with Crippen LogP contribution < -0.4 is 5.32 Å². The molecular formula is C13H15NO2. The van der Waals surface area contributed by atoms with Crippen LogP contribution in [-0.4, -0.2) is 17.7 Å². The molecule has 0 atom stereocenters. The monoisotopic (exact) mass is 217 g/mol. The molecule has 3 heteroatoms. The van der Waals surface area contributed by atoms with Crippen LogP contribution in [0.5, 0.6) is 0 Å². The summed E-state index contributed by atoms with van der Waals surface area (Å²) in [7, 11) is 0. The van der Waals surface area contributed by atoms with Gasteiger partial charge in [-0.1, -0.05) is 17.7 Å². The summed E-state index contributed by atoms with van der Waals surface area (Å²) in [5.41, 5.74) is 2.35. The van der Waals surface area contributed by atoms with Crippen molar-refractivity contribution in [2.75, 3.05) is 0 Å². The molecule has 1 aliphatic rings. The molecule has 1 aliphatic carbocycles. The Morgan fingerprint density at radius 3 is 2.56 bits per heavy atom. The lowest BCUT2D eigenvalue weighted by Crippen LogP contribution is -2.33. The van der Waals surface area contributed by atoms with Gasteiger partial charge in [0.2, 0.25) is 5.78 Å². The van der Waals surface area contributed by atoms with Gasteiger partial charge in [0.05, 0.1) is 0 Å². The maximum absolute atomic E-state index is 11.9. The zero-order chi connectivity index (χ0) is 11.7. The second-order valence-corrected chi connectivity index (χ2v) is 4.40. The number of rotatable bonds is 3. The molecule has 0 aromatic heterocycles. The third-order valence-corrected chi connectivity index (χ3v) is 2.76. The average molecular weight is 217 g/mol. The molecule has 2 rings (SSSR count). The highest BCUT2D eigenvalue weighted by atomic mass is 16.2. The first-order chi connectivity index (χ1) is 7.58. The molecule has 0 unspecified atom stereocenters. The third-order valence-electron chi connectivity index (χ3n) is 2.76. The number of amides is 1. The van der Waals surface area contributed by atoms with Crippen molar-refractivity contribution in [3.05, 3.63) is 34.9 Å². The maximum Gasteiger partial charge on any atom is 0.292 e. The molecule has 1 saturated carbocycles. The highest BCUT2D eigenvalue weighted by molar-refractivity contribution is 6.43. The average Bonchev–Trinajstić information content (AvgIpc) is 3.04. The van der Waals surface area contributed by atoms with E-state index in [2.05, 4.69) is 5.32 Å². The van der Waals surface area contributed by atoms with Gasteiger partial charge in [0.25, 0.3) is 5.91 Å². The lowest BCUT2D eigenvalue weighted by molar-refractivity contribution is -0.117. The highest BCUT2D eigenvalue weighted by Gasteiger charge is 2.27. The Balaban J connectivity index is 2.18. The lowest BCUT2D eigenvalue weighted by atomic mass is 10.0. The van der Waals surface area contributed by atoms with E-state index in [-0.39, 0.29) is 6.04 Å². The fraction of sp³-hybridized carbons (Fsp3) is 0.385. The van der Waals surface area contributed by atoms with Crippen molar-refractivity contribution in [3.8, 4) is 0 Å². The molecule has 0 aliphatic heterocycles. The summed E-state index contributed by atoms with van der Waals surface area (Å²) in [4.78, 5) is 23.5. The molecule has 0 radical (unpaired) electrons. The van der Waals surface area contributed by atoms with E-state index in [0.29, 0.717) is 5.56 Å². The summed E-state index contributed by atoms with van der Waals surface area (Å²) in [6.45, 7) is 3.76. The predicted octanol–water partition coefficient (Wildman–Crippen LogP) is 1.76. The molecule has 1 aromatic rings. The number of hydrogen-bond donors (Lipinski definition) is 1. The molecule has 16 heavy (non-hydrogen) atoms. The van der Waals surface area contributed by atoms with Crippen LogP contribution in [-0.2, 0) is 4.79 Å². The summed E-state index contributed by atoms with van der Waals surface area (Å²) < 4.78 is 0. The molecule has 84 valence electrons. The van der Waals surface area contributed by atoms with Gasteiger partial charge in [0, 0.05) is 11.6 Å². The topological polar surface area (TPSA) is 46.2 Å². The second kappa shape index (κ2) is 4.08. The Kier molecular flexibility index (Phi) is 2.77. The Hall–Kier alpha value is -1.64. The Bertz CT molecular complexity index is 447. The summed E-state index contributed by atoms with van der Waals surface area (Å²) in [5, 5.41) is 2.71. The van der Waals surface area contributed by atoms with Gasteiger partial charge < -0.3 is 5.32 Å². The van der Waals surface area contributed by atoms with Gasteiger partial charge >= 0.3 is 0 Å². The molecular weight excluding hydrogens is 202 g/mol. The largest absolute Gasteiger partial charge is 0.346 e. The van der Waals surface area contributed by atoms with E-state index in [4.69, 9.17) is 0 Å². The quantitative estimate of drug-likeness (QED) is 0.619. The molecule has 0 saturated heterocycles. The zero-order valence-corrected chi connectivity index (χ0v) is 9.54. The number of benzene rings is 1. The van der Waals surface area contributed by atoms with Gasteiger partial charge in [-0.3, -0.25) is 9.59 Å². The first-order valence-electron chi connectivity index (χ1n) is 5.50. The number of aryl methyl sites for hydroxylation is 2. The molecule has 1 aromatic carbocycles. The zero-order valence-electron chi connectivity index (χ0n) is 9.54. The minimum atomic E-state index is -0.476. The van der Waals surface area contributed by atoms with E-state index >= 15 is 0 Å². The van der Waals surface area contributed by atoms with Crippen molar-refractivity contribution in [2.24, 2.45) is 0 Å².